The Hall–Kier alpha value is -12.8. The van der Waals surface area contributed by atoms with Crippen LogP contribution in [0.4, 0.5) is 28.4 Å². The number of hydrogen-bond donors (Lipinski definition) is 0. The monoisotopic (exact) mass is 1420 g/mol. The normalized spacial score (nSPS) is 16.9. The van der Waals surface area contributed by atoms with Gasteiger partial charge in [-0.2, -0.15) is 0 Å². The third kappa shape index (κ3) is 9.72. The molecule has 4 heteroatoms. The standard InChI is InChI=1S/C107H78BN3/c1-5-21-68(22-6-1)79-33-17-34-80(69-23-7-2-8-24-69)85(79)53-55-109-99-62-74(83-47-49-95-91-39-15-31-72-29-13-37-89(103(72)91)93-43-19-41-87(83)105(93)95)45-51-97(99)108-98-52-46-75(84-48-50-96-92-40-16-32-73-30-14-38-90(104(73)92)94-44-20-42-88(84)106(94)96)63-100(98)110(102-65-78(64-101(109)107(102)108)111-76-58-66-57-67(60-76)61-77(111)59-66)56-54-86-81(70-25-9-3-10-26-70)35-18-36-82(86)71-27-11-4-12-28-71/h1-52,62-67,76-77H,53-61H2. The lowest BCUT2D eigenvalue weighted by atomic mass is 9.33. The second kappa shape index (κ2) is 24.9. The maximum atomic E-state index is 2.99. The third-order valence-corrected chi connectivity index (χ3v) is 27.0. The third-order valence-electron chi connectivity index (χ3n) is 27.0. The molecule has 2 aliphatic carbocycles. The molecule has 2 saturated heterocycles. The minimum absolute atomic E-state index is 0.0901. The molecule has 0 radical (unpaired) electrons. The minimum Gasteiger partial charge on any atom is -0.365 e. The zero-order chi connectivity index (χ0) is 72.5. The average molecular weight is 1420 g/mol. The molecule has 0 atom stereocenters. The van der Waals surface area contributed by atoms with Crippen LogP contribution in [0.3, 0.4) is 0 Å². The quantitative estimate of drug-likeness (QED) is 0.0647. The van der Waals surface area contributed by atoms with Crippen molar-refractivity contribution < 1.29 is 0 Å². The predicted octanol–water partition coefficient (Wildman–Crippen LogP) is 25.5. The molecule has 0 amide bonds. The molecule has 2 saturated carbocycles. The van der Waals surface area contributed by atoms with Crippen LogP contribution in [0, 0.1) is 11.8 Å². The summed E-state index contributed by atoms with van der Waals surface area (Å²) in [6.07, 6.45) is 8.11. The van der Waals surface area contributed by atoms with Gasteiger partial charge < -0.3 is 14.7 Å². The fraction of sp³-hybridized carbons (Fsp3) is 0.121. The highest BCUT2D eigenvalue weighted by Crippen LogP contribution is 2.54. The van der Waals surface area contributed by atoms with Crippen LogP contribution in [0.15, 0.2) is 340 Å². The summed E-state index contributed by atoms with van der Waals surface area (Å²) in [6, 6.07) is 132. The van der Waals surface area contributed by atoms with E-state index in [0.29, 0.717) is 12.1 Å². The van der Waals surface area contributed by atoms with Crippen LogP contribution in [0.1, 0.15) is 43.2 Å². The van der Waals surface area contributed by atoms with E-state index in [-0.39, 0.29) is 6.71 Å². The molecule has 524 valence electrons. The van der Waals surface area contributed by atoms with Gasteiger partial charge in [0.2, 0.25) is 0 Å². The summed E-state index contributed by atoms with van der Waals surface area (Å²) in [5, 5.41) is 21.0. The van der Waals surface area contributed by atoms with Crippen molar-refractivity contribution in [3.63, 3.8) is 0 Å². The smallest absolute Gasteiger partial charge is 0.252 e. The zero-order valence-corrected chi connectivity index (χ0v) is 61.9. The van der Waals surface area contributed by atoms with Crippen LogP contribution in [0.25, 0.3) is 153 Å². The van der Waals surface area contributed by atoms with E-state index >= 15 is 0 Å². The number of nitrogens with zero attached hydrogens (tertiary/aromatic N) is 3. The Labute approximate surface area is 647 Å². The van der Waals surface area contributed by atoms with Gasteiger partial charge in [-0.1, -0.05) is 315 Å². The van der Waals surface area contributed by atoms with Crippen LogP contribution < -0.4 is 31.1 Å². The molecule has 4 bridgehead atoms. The lowest BCUT2D eigenvalue weighted by molar-refractivity contribution is 0.0900. The van der Waals surface area contributed by atoms with Crippen LogP contribution in [-0.2, 0) is 12.8 Å². The van der Waals surface area contributed by atoms with Gasteiger partial charge in [-0.15, -0.1) is 0 Å². The van der Waals surface area contributed by atoms with Crippen molar-refractivity contribution >= 4 is 138 Å². The number of hydrogen-bond acceptors (Lipinski definition) is 3. The predicted molar refractivity (Wildman–Crippen MR) is 473 cm³/mol. The Balaban J connectivity index is 0.767. The number of rotatable bonds is 13. The summed E-state index contributed by atoms with van der Waals surface area (Å²) in [5.41, 5.74) is 28.6. The molecule has 0 N–H and O–H groups in total. The summed E-state index contributed by atoms with van der Waals surface area (Å²) in [4.78, 5) is 8.68. The highest BCUT2D eigenvalue weighted by Gasteiger charge is 2.49. The molecule has 0 aromatic heterocycles. The summed E-state index contributed by atoms with van der Waals surface area (Å²) in [6.45, 7) is 1.42. The first-order valence-electron chi connectivity index (χ1n) is 40.5. The molecule has 4 fully saturated rings. The Morgan fingerprint density at radius 1 is 0.252 bits per heavy atom. The number of benzene rings is 19. The van der Waals surface area contributed by atoms with E-state index in [4.69, 9.17) is 0 Å². The van der Waals surface area contributed by atoms with E-state index in [9.17, 15) is 0 Å². The molecular weight excluding hydrogens is 1340 g/mol. The molecule has 4 heterocycles. The van der Waals surface area contributed by atoms with Gasteiger partial charge in [-0.05, 0) is 262 Å². The second-order valence-electron chi connectivity index (χ2n) is 32.6. The van der Waals surface area contributed by atoms with Gasteiger partial charge in [-0.3, -0.25) is 0 Å². The molecule has 4 aliphatic heterocycles. The molecule has 111 heavy (non-hydrogen) atoms. The van der Waals surface area contributed by atoms with Crippen molar-refractivity contribution in [1.29, 1.82) is 0 Å². The molecule has 6 aliphatic rings. The van der Waals surface area contributed by atoms with Gasteiger partial charge in [0.25, 0.3) is 6.71 Å². The maximum absolute atomic E-state index is 2.99. The first kappa shape index (κ1) is 63.2. The van der Waals surface area contributed by atoms with Crippen molar-refractivity contribution in [1.82, 2.24) is 0 Å². The Morgan fingerprint density at radius 3 is 0.964 bits per heavy atom. The van der Waals surface area contributed by atoms with Crippen LogP contribution in [0.5, 0.6) is 0 Å². The first-order valence-corrected chi connectivity index (χ1v) is 40.5. The lowest BCUT2D eigenvalue weighted by Gasteiger charge is -2.58. The van der Waals surface area contributed by atoms with Crippen molar-refractivity contribution in [3.8, 4) is 66.8 Å². The van der Waals surface area contributed by atoms with E-state index in [1.165, 1.54) is 241 Å². The Bertz CT molecular complexity index is 6350. The molecular formula is C107H78BN3. The van der Waals surface area contributed by atoms with Gasteiger partial charge >= 0.3 is 0 Å². The van der Waals surface area contributed by atoms with Gasteiger partial charge in [0, 0.05) is 53.6 Å². The van der Waals surface area contributed by atoms with E-state index in [2.05, 4.69) is 354 Å². The summed E-state index contributed by atoms with van der Waals surface area (Å²) >= 11 is 0. The summed E-state index contributed by atoms with van der Waals surface area (Å²) in [7, 11) is 0. The molecule has 3 nitrogen and oxygen atoms in total. The molecule has 0 spiro atoms. The van der Waals surface area contributed by atoms with Crippen molar-refractivity contribution in [3.05, 3.63) is 351 Å². The van der Waals surface area contributed by atoms with Crippen molar-refractivity contribution in [2.75, 3.05) is 27.8 Å². The SMILES string of the molecule is c1ccc(-c2cccc(-c3ccccc3)c2CCN2c3cc(-c4ccc5c6cccc7cccc(c8cccc4c85)c76)ccc3B3c4ccc(-c5ccc6c7cccc8cccc(c9cccc5c96)c87)cc4N(CCc4c(-c5ccccc5)cccc4-c4ccccc4)c4cc(N5C6CC7CC(C6)CC5C7)cc2c43)cc1. The summed E-state index contributed by atoms with van der Waals surface area (Å²) in [5.74, 6) is 1.61. The first-order chi connectivity index (χ1) is 55.0. The fourth-order valence-electron chi connectivity index (χ4n) is 22.6. The Morgan fingerprint density at radius 2 is 0.586 bits per heavy atom. The molecule has 19 aromatic rings. The number of anilines is 5. The van der Waals surface area contributed by atoms with E-state index in [1.807, 2.05) is 0 Å². The van der Waals surface area contributed by atoms with Gasteiger partial charge in [0.05, 0.1) is 0 Å². The largest absolute Gasteiger partial charge is 0.365 e. The highest BCUT2D eigenvalue weighted by molar-refractivity contribution is 7.00. The molecule has 19 aromatic carbocycles. The minimum atomic E-state index is -0.0901. The van der Waals surface area contributed by atoms with Gasteiger partial charge in [-0.25, -0.2) is 0 Å². The topological polar surface area (TPSA) is 9.72 Å². The molecule has 0 unspecified atom stereocenters. The molecule has 25 rings (SSSR count). The fourth-order valence-corrected chi connectivity index (χ4v) is 22.6. The summed E-state index contributed by atoms with van der Waals surface area (Å²) < 4.78 is 0. The van der Waals surface area contributed by atoms with Gasteiger partial charge in [0.15, 0.2) is 0 Å². The zero-order valence-electron chi connectivity index (χ0n) is 61.9. The van der Waals surface area contributed by atoms with Crippen LogP contribution in [-0.4, -0.2) is 31.9 Å². The van der Waals surface area contributed by atoms with E-state index in [0.717, 1.165) is 37.8 Å². The van der Waals surface area contributed by atoms with Crippen LogP contribution in [0.2, 0.25) is 0 Å². The van der Waals surface area contributed by atoms with Crippen LogP contribution >= 0.6 is 0 Å². The van der Waals surface area contributed by atoms with Gasteiger partial charge in [0.1, 0.15) is 0 Å². The Kier molecular flexibility index (Phi) is 14.2. The number of piperidine rings is 2. The van der Waals surface area contributed by atoms with E-state index < -0.39 is 0 Å². The van der Waals surface area contributed by atoms with Crippen molar-refractivity contribution in [2.24, 2.45) is 11.8 Å². The van der Waals surface area contributed by atoms with Crippen molar-refractivity contribution in [2.45, 2.75) is 57.0 Å². The average Bonchev–Trinajstić information content (AvgIpc) is 0.697. The van der Waals surface area contributed by atoms with E-state index in [1.54, 1.807) is 0 Å². The number of fused-ring (bicyclic) bond motifs is 8. The maximum Gasteiger partial charge on any atom is 0.252 e. The lowest BCUT2D eigenvalue weighted by Crippen LogP contribution is -2.63. The highest BCUT2D eigenvalue weighted by atomic mass is 15.2. The second-order valence-corrected chi connectivity index (χ2v) is 32.6.